The van der Waals surface area contributed by atoms with Gasteiger partial charge in [0, 0.05) is 13.1 Å². The van der Waals surface area contributed by atoms with E-state index in [2.05, 4.69) is 20.0 Å². The van der Waals surface area contributed by atoms with Gasteiger partial charge in [0.1, 0.15) is 17.5 Å². The maximum atomic E-state index is 13.6. The Morgan fingerprint density at radius 3 is 2.76 bits per heavy atom. The van der Waals surface area contributed by atoms with E-state index in [4.69, 9.17) is 5.73 Å². The van der Waals surface area contributed by atoms with E-state index in [1.807, 2.05) is 13.0 Å². The summed E-state index contributed by atoms with van der Waals surface area (Å²) in [5.74, 6) is 3.37. The first-order chi connectivity index (χ1) is 12.2. The van der Waals surface area contributed by atoms with Gasteiger partial charge in [-0.25, -0.2) is 19.0 Å². The van der Waals surface area contributed by atoms with Gasteiger partial charge in [0.25, 0.3) is 0 Å². The number of anilines is 1. The minimum Gasteiger partial charge on any atom is -0.355 e. The van der Waals surface area contributed by atoms with Crippen LogP contribution in [0.1, 0.15) is 5.82 Å². The van der Waals surface area contributed by atoms with Crippen LogP contribution in [0.5, 0.6) is 0 Å². The number of fused-ring (bicyclic) bond motifs is 2. The molecule has 3 heterocycles. The van der Waals surface area contributed by atoms with Crippen LogP contribution in [0.25, 0.3) is 16.7 Å². The van der Waals surface area contributed by atoms with E-state index < -0.39 is 0 Å². The zero-order valence-electron chi connectivity index (χ0n) is 13.9. The average Bonchev–Trinajstić information content (AvgIpc) is 2.95. The topological polar surface area (TPSA) is 72.9 Å². The van der Waals surface area contributed by atoms with Gasteiger partial charge < -0.3 is 10.6 Å². The predicted octanol–water partition coefficient (Wildman–Crippen LogP) is 1.90. The fourth-order valence-corrected chi connectivity index (χ4v) is 4.21. The van der Waals surface area contributed by atoms with E-state index >= 15 is 0 Å². The molecule has 1 aliphatic heterocycles. The molecule has 2 fully saturated rings. The lowest BCUT2D eigenvalue weighted by Crippen LogP contribution is -2.27. The van der Waals surface area contributed by atoms with Crippen molar-refractivity contribution < 1.29 is 4.39 Å². The van der Waals surface area contributed by atoms with E-state index in [0.29, 0.717) is 34.9 Å². The third-order valence-corrected chi connectivity index (χ3v) is 5.52. The van der Waals surface area contributed by atoms with Gasteiger partial charge in [0.05, 0.1) is 17.3 Å². The summed E-state index contributed by atoms with van der Waals surface area (Å²) in [5, 5.41) is 5.35. The molecular formula is C18H19FN6. The van der Waals surface area contributed by atoms with Crippen molar-refractivity contribution in [2.45, 2.75) is 6.92 Å². The summed E-state index contributed by atoms with van der Waals surface area (Å²) >= 11 is 0. The molecule has 6 nitrogen and oxygen atoms in total. The number of hydrogen-bond donors (Lipinski definition) is 1. The highest BCUT2D eigenvalue weighted by Crippen LogP contribution is 2.52. The van der Waals surface area contributed by atoms with E-state index in [0.717, 1.165) is 30.8 Å². The maximum absolute atomic E-state index is 13.6. The summed E-state index contributed by atoms with van der Waals surface area (Å²) in [6.45, 7) is 4.64. The molecule has 0 spiro atoms. The highest BCUT2D eigenvalue weighted by atomic mass is 19.1. The van der Waals surface area contributed by atoms with Crippen molar-refractivity contribution in [2.24, 2.45) is 23.5 Å². The summed E-state index contributed by atoms with van der Waals surface area (Å²) in [6.07, 6.45) is 1.78. The molecule has 0 radical (unpaired) electrons. The van der Waals surface area contributed by atoms with Gasteiger partial charge in [-0.2, -0.15) is 5.10 Å². The normalized spacial score (nSPS) is 24.8. The van der Waals surface area contributed by atoms with Crippen molar-refractivity contribution >= 4 is 16.9 Å². The standard InChI is InChI=1S/C18H19FN6/c1-10-22-17(24-8-15-13(6-20)16(15)9-24)14-7-21-25(18(14)23-10)12-4-2-3-11(19)5-12/h2-5,7,13,15-16H,6,8-9,20H2,1H3/t13?,15-,16+. The van der Waals surface area contributed by atoms with E-state index in [-0.39, 0.29) is 5.82 Å². The Hall–Kier alpha value is -2.54. The smallest absolute Gasteiger partial charge is 0.168 e. The monoisotopic (exact) mass is 338 g/mol. The maximum Gasteiger partial charge on any atom is 0.168 e. The van der Waals surface area contributed by atoms with Crippen LogP contribution in [0.3, 0.4) is 0 Å². The number of aromatic nitrogens is 4. The van der Waals surface area contributed by atoms with Crippen LogP contribution in [-0.4, -0.2) is 39.4 Å². The first-order valence-electron chi connectivity index (χ1n) is 8.59. The van der Waals surface area contributed by atoms with Gasteiger partial charge in [0.2, 0.25) is 0 Å². The third-order valence-electron chi connectivity index (χ3n) is 5.52. The number of rotatable bonds is 3. The molecule has 2 aromatic heterocycles. The highest BCUT2D eigenvalue weighted by Gasteiger charge is 2.55. The quantitative estimate of drug-likeness (QED) is 0.790. The Balaban J connectivity index is 1.58. The Bertz CT molecular complexity index is 955. The minimum atomic E-state index is -0.292. The second-order valence-corrected chi connectivity index (χ2v) is 7.00. The first kappa shape index (κ1) is 14.8. The molecule has 3 aromatic rings. The summed E-state index contributed by atoms with van der Waals surface area (Å²) in [7, 11) is 0. The number of nitrogens with two attached hydrogens (primary N) is 1. The molecule has 1 saturated heterocycles. The number of hydrogen-bond acceptors (Lipinski definition) is 5. The van der Waals surface area contributed by atoms with Gasteiger partial charge in [0.15, 0.2) is 5.65 Å². The zero-order chi connectivity index (χ0) is 17.1. The van der Waals surface area contributed by atoms with Crippen LogP contribution in [0.15, 0.2) is 30.5 Å². The molecule has 1 aliphatic carbocycles. The summed E-state index contributed by atoms with van der Waals surface area (Å²) in [6, 6.07) is 6.38. The Morgan fingerprint density at radius 2 is 2.04 bits per heavy atom. The molecule has 1 unspecified atom stereocenters. The van der Waals surface area contributed by atoms with Gasteiger partial charge in [-0.15, -0.1) is 0 Å². The number of benzene rings is 1. The molecule has 25 heavy (non-hydrogen) atoms. The SMILES string of the molecule is Cc1nc(N2C[C@@H]3C(CN)[C@@H]3C2)c2cnn(-c3cccc(F)c3)c2n1. The van der Waals surface area contributed by atoms with Crippen LogP contribution >= 0.6 is 0 Å². The molecule has 2 N–H and O–H groups in total. The van der Waals surface area contributed by atoms with Crippen molar-refractivity contribution in [3.8, 4) is 5.69 Å². The van der Waals surface area contributed by atoms with Gasteiger partial charge >= 0.3 is 0 Å². The molecule has 1 saturated carbocycles. The summed E-state index contributed by atoms with van der Waals surface area (Å²) in [4.78, 5) is 11.5. The second-order valence-electron chi connectivity index (χ2n) is 7.00. The lowest BCUT2D eigenvalue weighted by Gasteiger charge is -2.21. The molecule has 2 aliphatic rings. The zero-order valence-corrected chi connectivity index (χ0v) is 13.9. The molecule has 0 bridgehead atoms. The van der Waals surface area contributed by atoms with Crippen molar-refractivity contribution in [3.05, 3.63) is 42.1 Å². The van der Waals surface area contributed by atoms with Crippen LogP contribution in [0.2, 0.25) is 0 Å². The average molecular weight is 338 g/mol. The van der Waals surface area contributed by atoms with Gasteiger partial charge in [-0.1, -0.05) is 6.07 Å². The molecule has 3 atom stereocenters. The van der Waals surface area contributed by atoms with Crippen molar-refractivity contribution in [1.29, 1.82) is 0 Å². The van der Waals surface area contributed by atoms with Crippen molar-refractivity contribution in [3.63, 3.8) is 0 Å². The number of halogens is 1. The molecule has 0 amide bonds. The molecular weight excluding hydrogens is 319 g/mol. The first-order valence-corrected chi connectivity index (χ1v) is 8.59. The molecule has 7 heteroatoms. The van der Waals surface area contributed by atoms with Crippen molar-refractivity contribution in [2.75, 3.05) is 24.5 Å². The number of aryl methyl sites for hydroxylation is 1. The lowest BCUT2D eigenvalue weighted by atomic mass is 10.2. The number of piperidine rings is 1. The lowest BCUT2D eigenvalue weighted by molar-refractivity contribution is 0.625. The van der Waals surface area contributed by atoms with Crippen LogP contribution in [0, 0.1) is 30.5 Å². The van der Waals surface area contributed by atoms with Gasteiger partial charge in [-0.05, 0) is 49.4 Å². The Kier molecular flexibility index (Phi) is 3.09. The van der Waals surface area contributed by atoms with E-state index in [1.165, 1.54) is 12.1 Å². The second kappa shape index (κ2) is 5.23. The third kappa shape index (κ3) is 2.22. The summed E-state index contributed by atoms with van der Waals surface area (Å²) < 4.78 is 15.3. The predicted molar refractivity (Wildman–Crippen MR) is 93.1 cm³/mol. The minimum absolute atomic E-state index is 0.292. The van der Waals surface area contributed by atoms with Crippen LogP contribution in [0.4, 0.5) is 10.2 Å². The molecule has 128 valence electrons. The summed E-state index contributed by atoms with van der Waals surface area (Å²) in [5.41, 5.74) is 7.19. The van der Waals surface area contributed by atoms with E-state index in [9.17, 15) is 4.39 Å². The fourth-order valence-electron chi connectivity index (χ4n) is 4.21. The number of nitrogens with zero attached hydrogens (tertiary/aromatic N) is 5. The Labute approximate surface area is 144 Å². The van der Waals surface area contributed by atoms with Crippen LogP contribution in [-0.2, 0) is 0 Å². The Morgan fingerprint density at radius 1 is 1.24 bits per heavy atom. The van der Waals surface area contributed by atoms with Crippen LogP contribution < -0.4 is 10.6 Å². The highest BCUT2D eigenvalue weighted by molar-refractivity contribution is 5.88. The largest absolute Gasteiger partial charge is 0.355 e. The van der Waals surface area contributed by atoms with Crippen molar-refractivity contribution in [1.82, 2.24) is 19.7 Å². The van der Waals surface area contributed by atoms with Gasteiger partial charge in [-0.3, -0.25) is 0 Å². The molecule has 1 aromatic carbocycles. The fraction of sp³-hybridized carbons (Fsp3) is 0.389. The molecule has 5 rings (SSSR count). The van der Waals surface area contributed by atoms with E-state index in [1.54, 1.807) is 16.9 Å².